The van der Waals surface area contributed by atoms with E-state index in [1.54, 1.807) is 18.1 Å². The van der Waals surface area contributed by atoms with Gasteiger partial charge in [0.25, 0.3) is 0 Å². The molecule has 5 nitrogen and oxygen atoms in total. The minimum absolute atomic E-state index is 0.0446. The van der Waals surface area contributed by atoms with Gasteiger partial charge < -0.3 is 15.0 Å². The van der Waals surface area contributed by atoms with E-state index in [0.29, 0.717) is 29.4 Å². The fraction of sp³-hybridized carbons (Fsp3) is 0.333. The van der Waals surface area contributed by atoms with Crippen molar-refractivity contribution in [2.45, 2.75) is 31.1 Å². The van der Waals surface area contributed by atoms with Gasteiger partial charge in [-0.25, -0.2) is 0 Å². The first-order chi connectivity index (χ1) is 13.0. The number of benzene rings is 2. The molecule has 2 aliphatic rings. The Kier molecular flexibility index (Phi) is 4.56. The summed E-state index contributed by atoms with van der Waals surface area (Å²) in [5, 5.41) is 3.63. The Balaban J connectivity index is 1.56. The summed E-state index contributed by atoms with van der Waals surface area (Å²) in [6.45, 7) is 0.693. The molecule has 0 aromatic heterocycles. The third-order valence-electron chi connectivity index (χ3n) is 5.36. The van der Waals surface area contributed by atoms with E-state index in [1.165, 1.54) is 0 Å². The van der Waals surface area contributed by atoms with Gasteiger partial charge in [0.1, 0.15) is 5.75 Å². The SMILES string of the molecule is COc1cc(NC(=O)C2(c3cccc(Cl)c3)CC2)ccc1N1CCCC1=O. The van der Waals surface area contributed by atoms with Crippen LogP contribution in [0.1, 0.15) is 31.2 Å². The van der Waals surface area contributed by atoms with Gasteiger partial charge >= 0.3 is 0 Å². The van der Waals surface area contributed by atoms with Crippen LogP contribution in [0.5, 0.6) is 5.75 Å². The van der Waals surface area contributed by atoms with Crippen molar-refractivity contribution < 1.29 is 14.3 Å². The average molecular weight is 385 g/mol. The van der Waals surface area contributed by atoms with Gasteiger partial charge in [0.2, 0.25) is 11.8 Å². The number of methoxy groups -OCH3 is 1. The third kappa shape index (κ3) is 3.28. The molecule has 0 unspecified atom stereocenters. The number of ether oxygens (including phenoxy) is 1. The Labute approximate surface area is 163 Å². The Morgan fingerprint density at radius 2 is 2.04 bits per heavy atom. The third-order valence-corrected chi connectivity index (χ3v) is 5.60. The van der Waals surface area contributed by atoms with Crippen LogP contribution in [0.4, 0.5) is 11.4 Å². The zero-order valence-corrected chi connectivity index (χ0v) is 15.9. The molecule has 140 valence electrons. The van der Waals surface area contributed by atoms with Crippen molar-refractivity contribution in [1.29, 1.82) is 0 Å². The van der Waals surface area contributed by atoms with Crippen LogP contribution in [0, 0.1) is 0 Å². The van der Waals surface area contributed by atoms with Gasteiger partial charge in [0.15, 0.2) is 0 Å². The van der Waals surface area contributed by atoms with Crippen molar-refractivity contribution in [2.24, 2.45) is 0 Å². The Morgan fingerprint density at radius 1 is 1.22 bits per heavy atom. The number of carbonyl (C=O) groups is 2. The summed E-state index contributed by atoms with van der Waals surface area (Å²) >= 11 is 6.09. The largest absolute Gasteiger partial charge is 0.494 e. The van der Waals surface area contributed by atoms with E-state index in [4.69, 9.17) is 16.3 Å². The van der Waals surface area contributed by atoms with Crippen LogP contribution in [0.2, 0.25) is 5.02 Å². The van der Waals surface area contributed by atoms with Crippen LogP contribution in [-0.2, 0) is 15.0 Å². The predicted octanol–water partition coefficient (Wildman–Crippen LogP) is 4.15. The topological polar surface area (TPSA) is 58.6 Å². The van der Waals surface area contributed by atoms with Crippen LogP contribution < -0.4 is 15.0 Å². The lowest BCUT2D eigenvalue weighted by Gasteiger charge is -2.21. The number of hydrogen-bond donors (Lipinski definition) is 1. The van der Waals surface area contributed by atoms with Crippen molar-refractivity contribution in [2.75, 3.05) is 23.9 Å². The Hall–Kier alpha value is -2.53. The summed E-state index contributed by atoms with van der Waals surface area (Å²) in [6, 6.07) is 12.9. The summed E-state index contributed by atoms with van der Waals surface area (Å²) in [5.41, 5.74) is 1.83. The predicted molar refractivity (Wildman–Crippen MR) is 106 cm³/mol. The number of nitrogens with zero attached hydrogens (tertiary/aromatic N) is 1. The molecule has 1 saturated carbocycles. The van der Waals surface area contributed by atoms with Gasteiger partial charge in [-0.1, -0.05) is 23.7 Å². The summed E-state index contributed by atoms with van der Waals surface area (Å²) < 4.78 is 5.47. The maximum absolute atomic E-state index is 12.9. The van der Waals surface area contributed by atoms with E-state index in [1.807, 2.05) is 36.4 Å². The lowest BCUT2D eigenvalue weighted by molar-refractivity contribution is -0.118. The molecule has 4 rings (SSSR count). The quantitative estimate of drug-likeness (QED) is 0.842. The monoisotopic (exact) mass is 384 g/mol. The molecular weight excluding hydrogens is 364 g/mol. The van der Waals surface area contributed by atoms with Crippen molar-refractivity contribution >= 4 is 34.8 Å². The first-order valence-corrected chi connectivity index (χ1v) is 9.47. The molecule has 1 aliphatic carbocycles. The molecule has 6 heteroatoms. The van der Waals surface area contributed by atoms with Gasteiger partial charge in [0.05, 0.1) is 18.2 Å². The second kappa shape index (κ2) is 6.89. The summed E-state index contributed by atoms with van der Waals surface area (Å²) in [4.78, 5) is 26.7. The van der Waals surface area contributed by atoms with Gasteiger partial charge in [-0.3, -0.25) is 9.59 Å². The molecule has 1 saturated heterocycles. The second-order valence-corrected chi connectivity index (χ2v) is 7.52. The van der Waals surface area contributed by atoms with E-state index >= 15 is 0 Å². The summed E-state index contributed by atoms with van der Waals surface area (Å²) in [5.74, 6) is 0.635. The van der Waals surface area contributed by atoms with E-state index in [0.717, 1.165) is 30.5 Å². The minimum Gasteiger partial charge on any atom is -0.494 e. The van der Waals surface area contributed by atoms with Crippen molar-refractivity contribution in [3.63, 3.8) is 0 Å². The van der Waals surface area contributed by atoms with E-state index < -0.39 is 5.41 Å². The number of nitrogens with one attached hydrogen (secondary N) is 1. The standard InChI is InChI=1S/C21H21ClN2O3/c1-27-18-13-16(7-8-17(18)24-11-3-6-19(24)25)23-20(26)21(9-10-21)14-4-2-5-15(22)12-14/h2,4-5,7-8,12-13H,3,6,9-11H2,1H3,(H,23,26). The fourth-order valence-corrected chi connectivity index (χ4v) is 3.88. The maximum atomic E-state index is 12.9. The molecule has 0 radical (unpaired) electrons. The normalized spacial score (nSPS) is 17.7. The highest BCUT2D eigenvalue weighted by Crippen LogP contribution is 2.49. The van der Waals surface area contributed by atoms with E-state index in [9.17, 15) is 9.59 Å². The molecule has 2 aromatic rings. The first-order valence-electron chi connectivity index (χ1n) is 9.09. The molecule has 1 heterocycles. The highest BCUT2D eigenvalue weighted by molar-refractivity contribution is 6.30. The maximum Gasteiger partial charge on any atom is 0.235 e. The van der Waals surface area contributed by atoms with Crippen LogP contribution in [0.3, 0.4) is 0 Å². The molecule has 0 spiro atoms. The molecule has 0 atom stereocenters. The highest BCUT2D eigenvalue weighted by atomic mass is 35.5. The molecule has 2 amide bonds. The van der Waals surface area contributed by atoms with Gasteiger partial charge in [-0.15, -0.1) is 0 Å². The Morgan fingerprint density at radius 3 is 2.67 bits per heavy atom. The lowest BCUT2D eigenvalue weighted by Crippen LogP contribution is -2.28. The number of carbonyl (C=O) groups excluding carboxylic acids is 2. The molecular formula is C21H21ClN2O3. The van der Waals surface area contributed by atoms with Crippen LogP contribution in [0.15, 0.2) is 42.5 Å². The van der Waals surface area contributed by atoms with E-state index in [-0.39, 0.29) is 11.8 Å². The van der Waals surface area contributed by atoms with Crippen LogP contribution >= 0.6 is 11.6 Å². The molecule has 2 aromatic carbocycles. The number of halogens is 1. The highest BCUT2D eigenvalue weighted by Gasteiger charge is 2.51. The van der Waals surface area contributed by atoms with Gasteiger partial charge in [0, 0.05) is 29.7 Å². The van der Waals surface area contributed by atoms with Crippen molar-refractivity contribution in [3.8, 4) is 5.75 Å². The Bertz CT molecular complexity index is 908. The zero-order valence-electron chi connectivity index (χ0n) is 15.1. The number of hydrogen-bond acceptors (Lipinski definition) is 3. The minimum atomic E-state index is -0.512. The zero-order chi connectivity index (χ0) is 19.0. The van der Waals surface area contributed by atoms with Gasteiger partial charge in [-0.05, 0) is 49.1 Å². The van der Waals surface area contributed by atoms with Gasteiger partial charge in [-0.2, -0.15) is 0 Å². The average Bonchev–Trinajstić information content (AvgIpc) is 3.38. The number of anilines is 2. The first kappa shape index (κ1) is 17.9. The fourth-order valence-electron chi connectivity index (χ4n) is 3.69. The van der Waals surface area contributed by atoms with Crippen molar-refractivity contribution in [3.05, 3.63) is 53.1 Å². The summed E-state index contributed by atoms with van der Waals surface area (Å²) in [6.07, 6.45) is 3.01. The number of rotatable bonds is 5. The lowest BCUT2D eigenvalue weighted by atomic mass is 9.95. The molecule has 1 N–H and O–H groups in total. The van der Waals surface area contributed by atoms with Crippen LogP contribution in [-0.4, -0.2) is 25.5 Å². The molecule has 0 bridgehead atoms. The molecule has 1 aliphatic heterocycles. The van der Waals surface area contributed by atoms with Crippen molar-refractivity contribution in [1.82, 2.24) is 0 Å². The molecule has 27 heavy (non-hydrogen) atoms. The van der Waals surface area contributed by atoms with E-state index in [2.05, 4.69) is 5.32 Å². The molecule has 2 fully saturated rings. The van der Waals surface area contributed by atoms with Crippen LogP contribution in [0.25, 0.3) is 0 Å². The second-order valence-electron chi connectivity index (χ2n) is 7.08. The smallest absolute Gasteiger partial charge is 0.235 e. The number of amides is 2. The summed E-state index contributed by atoms with van der Waals surface area (Å²) in [7, 11) is 1.57.